The van der Waals surface area contributed by atoms with Crippen molar-refractivity contribution in [3.05, 3.63) is 75.3 Å². The van der Waals surface area contributed by atoms with Crippen LogP contribution in [0.25, 0.3) is 5.69 Å². The van der Waals surface area contributed by atoms with Gasteiger partial charge >= 0.3 is 12.1 Å². The fourth-order valence-corrected chi connectivity index (χ4v) is 4.41. The minimum absolute atomic E-state index is 0.00690. The molecule has 0 spiro atoms. The molecule has 0 saturated carbocycles. The lowest BCUT2D eigenvalue weighted by Crippen LogP contribution is -2.49. The molecule has 8 nitrogen and oxygen atoms in total. The number of hydrogen-bond donors (Lipinski definition) is 2. The summed E-state index contributed by atoms with van der Waals surface area (Å²) >= 11 is 0. The number of aryl methyl sites for hydroxylation is 2. The lowest BCUT2D eigenvalue weighted by molar-refractivity contribution is -0.147. The van der Waals surface area contributed by atoms with Gasteiger partial charge in [0.25, 0.3) is 5.56 Å². The summed E-state index contributed by atoms with van der Waals surface area (Å²) in [5.41, 5.74) is 2.09. The maximum Gasteiger partial charge on any atom is 0.416 e. The number of carboxylic acid groups (broad SMARTS) is 1. The van der Waals surface area contributed by atoms with Gasteiger partial charge in [0.15, 0.2) is 5.82 Å². The molecule has 1 aliphatic rings. The van der Waals surface area contributed by atoms with Crippen LogP contribution in [0.1, 0.15) is 35.6 Å². The summed E-state index contributed by atoms with van der Waals surface area (Å²) in [6.45, 7) is 7.61. The lowest BCUT2D eigenvalue weighted by Gasteiger charge is -2.37. The molecule has 0 amide bonds. The molecule has 2 heterocycles. The number of likely N-dealkylation sites (tertiary alicyclic amines) is 1. The van der Waals surface area contributed by atoms with Gasteiger partial charge in [-0.25, -0.2) is 4.98 Å². The first-order valence-corrected chi connectivity index (χ1v) is 12.2. The number of halogens is 3. The van der Waals surface area contributed by atoms with Crippen molar-refractivity contribution in [1.29, 1.82) is 0 Å². The average molecular weight is 531 g/mol. The van der Waals surface area contributed by atoms with E-state index >= 15 is 0 Å². The molecule has 1 aliphatic heterocycles. The number of ether oxygens (including phenoxy) is 1. The fraction of sp³-hybridized carbons (Fsp3) is 0.370. The largest absolute Gasteiger partial charge is 0.491 e. The Bertz CT molecular complexity index is 1370. The Morgan fingerprint density at radius 1 is 1.18 bits per heavy atom. The zero-order chi connectivity index (χ0) is 27.6. The molecule has 0 radical (unpaired) electrons. The number of anilines is 2. The Labute approximate surface area is 217 Å². The molecule has 0 aliphatic carbocycles. The number of benzene rings is 2. The zero-order valence-electron chi connectivity index (χ0n) is 21.3. The van der Waals surface area contributed by atoms with Gasteiger partial charge in [0, 0.05) is 37.7 Å². The molecule has 1 fully saturated rings. The molecule has 3 aromatic rings. The average Bonchev–Trinajstić information content (AvgIpc) is 2.81. The number of rotatable bonds is 9. The number of alkyl halides is 3. The van der Waals surface area contributed by atoms with Crippen molar-refractivity contribution in [2.45, 2.75) is 39.9 Å². The Kier molecular flexibility index (Phi) is 7.77. The van der Waals surface area contributed by atoms with Crippen molar-refractivity contribution >= 4 is 17.5 Å². The van der Waals surface area contributed by atoms with Gasteiger partial charge in [-0.2, -0.15) is 13.2 Å². The number of carbonyl (C=O) groups is 1. The van der Waals surface area contributed by atoms with Gasteiger partial charge < -0.3 is 15.2 Å². The predicted molar refractivity (Wildman–Crippen MR) is 136 cm³/mol. The Balaban J connectivity index is 1.62. The van der Waals surface area contributed by atoms with Crippen molar-refractivity contribution in [3.8, 4) is 11.4 Å². The SMILES string of the molecule is CCCOc1ccc(C(F)(F)F)cc1Nc1nccn(-c2cc(C)c(CN3CC(C(=O)O)C3)c(C)c2)c1=O. The number of aliphatic carboxylic acids is 1. The van der Waals surface area contributed by atoms with Gasteiger partial charge in [-0.3, -0.25) is 19.1 Å². The van der Waals surface area contributed by atoms with Crippen molar-refractivity contribution < 1.29 is 27.8 Å². The van der Waals surface area contributed by atoms with E-state index in [0.717, 1.165) is 28.8 Å². The van der Waals surface area contributed by atoms with E-state index in [0.29, 0.717) is 38.3 Å². The molecule has 1 saturated heterocycles. The third-order valence-electron chi connectivity index (χ3n) is 6.51. The van der Waals surface area contributed by atoms with Crippen LogP contribution in [0.4, 0.5) is 24.7 Å². The highest BCUT2D eigenvalue weighted by molar-refractivity contribution is 5.71. The molecule has 11 heteroatoms. The van der Waals surface area contributed by atoms with Gasteiger partial charge in [-0.1, -0.05) is 6.92 Å². The van der Waals surface area contributed by atoms with Crippen LogP contribution in [-0.4, -0.2) is 45.2 Å². The fourth-order valence-electron chi connectivity index (χ4n) is 4.41. The minimum atomic E-state index is -4.56. The van der Waals surface area contributed by atoms with Gasteiger partial charge in [0.05, 0.1) is 23.8 Å². The number of aromatic nitrogens is 2. The highest BCUT2D eigenvalue weighted by Gasteiger charge is 2.33. The Morgan fingerprint density at radius 3 is 2.47 bits per heavy atom. The first-order chi connectivity index (χ1) is 18.0. The molecule has 38 heavy (non-hydrogen) atoms. The van der Waals surface area contributed by atoms with Gasteiger partial charge in [0.1, 0.15) is 5.75 Å². The number of hydrogen-bond acceptors (Lipinski definition) is 6. The monoisotopic (exact) mass is 530 g/mol. The van der Waals surface area contributed by atoms with Crippen LogP contribution in [0, 0.1) is 19.8 Å². The number of nitrogens with zero attached hydrogens (tertiary/aromatic N) is 3. The van der Waals surface area contributed by atoms with E-state index in [9.17, 15) is 22.8 Å². The van der Waals surface area contributed by atoms with Crippen LogP contribution in [0.2, 0.25) is 0 Å². The first-order valence-electron chi connectivity index (χ1n) is 12.2. The van der Waals surface area contributed by atoms with E-state index in [2.05, 4.69) is 15.2 Å². The second-order valence-electron chi connectivity index (χ2n) is 9.42. The lowest BCUT2D eigenvalue weighted by atomic mass is 9.96. The van der Waals surface area contributed by atoms with E-state index < -0.39 is 23.3 Å². The van der Waals surface area contributed by atoms with Crippen LogP contribution < -0.4 is 15.6 Å². The first kappa shape index (κ1) is 27.2. The summed E-state index contributed by atoms with van der Waals surface area (Å²) in [6, 6.07) is 6.76. The number of carboxylic acids is 1. The van der Waals surface area contributed by atoms with Crippen LogP contribution in [0.5, 0.6) is 5.75 Å². The maximum absolute atomic E-state index is 13.3. The predicted octanol–water partition coefficient (Wildman–Crippen LogP) is 4.92. The van der Waals surface area contributed by atoms with Crippen molar-refractivity contribution in [2.75, 3.05) is 25.0 Å². The van der Waals surface area contributed by atoms with Crippen LogP contribution in [0.15, 0.2) is 47.5 Å². The number of nitrogens with one attached hydrogen (secondary N) is 1. The third kappa shape index (κ3) is 5.83. The molecule has 2 aromatic carbocycles. The summed E-state index contributed by atoms with van der Waals surface area (Å²) in [5, 5.41) is 11.8. The van der Waals surface area contributed by atoms with Gasteiger partial charge in [0.2, 0.25) is 0 Å². The van der Waals surface area contributed by atoms with Crippen LogP contribution in [-0.2, 0) is 17.5 Å². The molecule has 1 aromatic heterocycles. The minimum Gasteiger partial charge on any atom is -0.491 e. The second kappa shape index (κ2) is 10.9. The topological polar surface area (TPSA) is 96.7 Å². The molecule has 202 valence electrons. The highest BCUT2D eigenvalue weighted by Crippen LogP contribution is 2.36. The highest BCUT2D eigenvalue weighted by atomic mass is 19.4. The van der Waals surface area contributed by atoms with Crippen molar-refractivity contribution in [2.24, 2.45) is 5.92 Å². The molecular formula is C27H29F3N4O4. The third-order valence-corrected chi connectivity index (χ3v) is 6.51. The van der Waals surface area contributed by atoms with E-state index in [1.165, 1.54) is 23.0 Å². The molecule has 0 atom stereocenters. The normalized spacial score (nSPS) is 14.3. The Hall–Kier alpha value is -3.86. The standard InChI is InChI=1S/C27H29F3N4O4/c1-4-9-38-23-6-5-19(27(28,29)30)12-22(23)32-24-25(35)34(8-7-31-24)20-10-16(2)21(17(3)11-20)15-33-13-18(14-33)26(36)37/h5-8,10-12,18H,4,9,13-15H2,1-3H3,(H,31,32)(H,36,37). The summed E-state index contributed by atoms with van der Waals surface area (Å²) in [7, 11) is 0. The van der Waals surface area contributed by atoms with E-state index in [1.54, 1.807) is 0 Å². The van der Waals surface area contributed by atoms with Crippen LogP contribution in [0.3, 0.4) is 0 Å². The molecular weight excluding hydrogens is 501 g/mol. The molecule has 0 bridgehead atoms. The van der Waals surface area contributed by atoms with Gasteiger partial charge in [-0.15, -0.1) is 0 Å². The smallest absolute Gasteiger partial charge is 0.416 e. The van der Waals surface area contributed by atoms with Crippen molar-refractivity contribution in [3.63, 3.8) is 0 Å². The maximum atomic E-state index is 13.3. The molecule has 4 rings (SSSR count). The second-order valence-corrected chi connectivity index (χ2v) is 9.42. The summed E-state index contributed by atoms with van der Waals surface area (Å²) in [6.07, 6.45) is -1.02. The molecule has 2 N–H and O–H groups in total. The summed E-state index contributed by atoms with van der Waals surface area (Å²) in [4.78, 5) is 30.6. The Morgan fingerprint density at radius 2 is 1.87 bits per heavy atom. The van der Waals surface area contributed by atoms with E-state index in [-0.39, 0.29) is 23.2 Å². The van der Waals surface area contributed by atoms with E-state index in [4.69, 9.17) is 9.84 Å². The summed E-state index contributed by atoms with van der Waals surface area (Å²) in [5.74, 6) is -1.10. The zero-order valence-corrected chi connectivity index (χ0v) is 21.3. The summed E-state index contributed by atoms with van der Waals surface area (Å²) < 4.78 is 47.0. The molecule has 0 unspecified atom stereocenters. The van der Waals surface area contributed by atoms with Gasteiger partial charge in [-0.05, 0) is 67.3 Å². The quantitative estimate of drug-likeness (QED) is 0.406. The van der Waals surface area contributed by atoms with Crippen molar-refractivity contribution in [1.82, 2.24) is 14.5 Å². The van der Waals surface area contributed by atoms with E-state index in [1.807, 2.05) is 32.9 Å². The van der Waals surface area contributed by atoms with Crippen LogP contribution >= 0.6 is 0 Å².